The van der Waals surface area contributed by atoms with E-state index in [0.717, 1.165) is 0 Å². The normalized spacial score (nSPS) is 12.1. The zero-order valence-corrected chi connectivity index (χ0v) is 10.2. The van der Waals surface area contributed by atoms with Crippen LogP contribution in [0.3, 0.4) is 0 Å². The van der Waals surface area contributed by atoms with Gasteiger partial charge in [0.2, 0.25) is 0 Å². The average Bonchev–Trinajstić information content (AvgIpc) is 2.92. The molecule has 1 atom stereocenters. The van der Waals surface area contributed by atoms with Crippen molar-refractivity contribution in [1.29, 1.82) is 0 Å². The number of amides is 1. The summed E-state index contributed by atoms with van der Waals surface area (Å²) in [5.74, 6) is -0.815. The highest BCUT2D eigenvalue weighted by Crippen LogP contribution is 2.15. The van der Waals surface area contributed by atoms with Crippen molar-refractivity contribution in [2.75, 3.05) is 6.54 Å². The van der Waals surface area contributed by atoms with Gasteiger partial charge in [-0.2, -0.15) is 0 Å². The monoisotopic (exact) mass is 263 g/mol. The molecule has 0 aliphatic carbocycles. The lowest BCUT2D eigenvalue weighted by Gasteiger charge is -2.09. The van der Waals surface area contributed by atoms with Gasteiger partial charge in [-0.25, -0.2) is 4.39 Å². The molecule has 1 heterocycles. The van der Waals surface area contributed by atoms with Crippen LogP contribution in [0.25, 0.3) is 0 Å². The van der Waals surface area contributed by atoms with E-state index >= 15 is 0 Å². The average molecular weight is 263 g/mol. The third-order valence-corrected chi connectivity index (χ3v) is 2.72. The van der Waals surface area contributed by atoms with Crippen LogP contribution in [0.15, 0.2) is 47.3 Å². The summed E-state index contributed by atoms with van der Waals surface area (Å²) in [4.78, 5) is 11.7. The van der Waals surface area contributed by atoms with E-state index in [1.54, 1.807) is 6.07 Å². The molecule has 0 spiro atoms. The second-order valence-electron chi connectivity index (χ2n) is 4.13. The summed E-state index contributed by atoms with van der Waals surface area (Å²) in [5.41, 5.74) is 0.929. The lowest BCUT2D eigenvalue weighted by molar-refractivity contribution is 0.0942. The minimum Gasteiger partial charge on any atom is -0.472 e. The van der Waals surface area contributed by atoms with Crippen molar-refractivity contribution in [2.24, 2.45) is 0 Å². The van der Waals surface area contributed by atoms with E-state index in [2.05, 4.69) is 5.32 Å². The van der Waals surface area contributed by atoms with Gasteiger partial charge in [0.15, 0.2) is 0 Å². The Balaban J connectivity index is 1.81. The molecule has 1 aromatic heterocycles. The van der Waals surface area contributed by atoms with Crippen LogP contribution < -0.4 is 5.32 Å². The SMILES string of the molecule is O=C(NCCC(O)c1ccoc1)c1cccc(F)c1. The lowest BCUT2D eigenvalue weighted by atomic mass is 10.1. The molecule has 4 nitrogen and oxygen atoms in total. The number of benzene rings is 1. The van der Waals surface area contributed by atoms with Gasteiger partial charge in [-0.1, -0.05) is 6.07 Å². The lowest BCUT2D eigenvalue weighted by Crippen LogP contribution is -2.25. The van der Waals surface area contributed by atoms with Crippen molar-refractivity contribution in [3.63, 3.8) is 0 Å². The summed E-state index contributed by atoms with van der Waals surface area (Å²) in [5, 5.41) is 12.4. The molecule has 2 rings (SSSR count). The van der Waals surface area contributed by atoms with Crippen molar-refractivity contribution in [1.82, 2.24) is 5.32 Å². The molecule has 19 heavy (non-hydrogen) atoms. The Labute approximate surface area is 109 Å². The van der Waals surface area contributed by atoms with Crippen molar-refractivity contribution in [2.45, 2.75) is 12.5 Å². The van der Waals surface area contributed by atoms with Gasteiger partial charge in [0.1, 0.15) is 5.82 Å². The molecule has 0 fully saturated rings. The summed E-state index contributed by atoms with van der Waals surface area (Å²) in [6.07, 6.45) is 2.61. The number of aliphatic hydroxyl groups is 1. The van der Waals surface area contributed by atoms with Crippen LogP contribution >= 0.6 is 0 Å². The topological polar surface area (TPSA) is 62.5 Å². The van der Waals surface area contributed by atoms with Crippen LogP contribution in [0.4, 0.5) is 4.39 Å². The van der Waals surface area contributed by atoms with Gasteiger partial charge < -0.3 is 14.8 Å². The molecular formula is C14H14FNO3. The fraction of sp³-hybridized carbons (Fsp3) is 0.214. The number of rotatable bonds is 5. The highest BCUT2D eigenvalue weighted by molar-refractivity contribution is 5.94. The molecular weight excluding hydrogens is 249 g/mol. The fourth-order valence-corrected chi connectivity index (χ4v) is 1.69. The summed E-state index contributed by atoms with van der Waals surface area (Å²) >= 11 is 0. The second kappa shape index (κ2) is 6.15. The quantitative estimate of drug-likeness (QED) is 0.869. The van der Waals surface area contributed by atoms with Crippen molar-refractivity contribution in [3.05, 3.63) is 59.8 Å². The number of halogens is 1. The predicted molar refractivity (Wildman–Crippen MR) is 67.0 cm³/mol. The molecule has 0 saturated heterocycles. The molecule has 0 bridgehead atoms. The van der Waals surface area contributed by atoms with E-state index in [4.69, 9.17) is 4.42 Å². The number of carbonyl (C=O) groups excluding carboxylic acids is 1. The van der Waals surface area contributed by atoms with E-state index in [-0.39, 0.29) is 11.5 Å². The van der Waals surface area contributed by atoms with Gasteiger partial charge in [-0.05, 0) is 30.7 Å². The molecule has 0 radical (unpaired) electrons. The standard InChI is InChI=1S/C14H14FNO3/c15-12-3-1-2-10(8-12)14(18)16-6-4-13(17)11-5-7-19-9-11/h1-3,5,7-9,13,17H,4,6H2,(H,16,18). The molecule has 1 amide bonds. The molecule has 1 unspecified atom stereocenters. The molecule has 0 aliphatic heterocycles. The van der Waals surface area contributed by atoms with E-state index in [0.29, 0.717) is 18.5 Å². The molecule has 2 N–H and O–H groups in total. The Morgan fingerprint density at radius 1 is 1.42 bits per heavy atom. The maximum absolute atomic E-state index is 12.9. The largest absolute Gasteiger partial charge is 0.472 e. The first-order chi connectivity index (χ1) is 9.16. The minimum absolute atomic E-state index is 0.262. The molecule has 2 aromatic rings. The van der Waals surface area contributed by atoms with E-state index < -0.39 is 11.9 Å². The fourth-order valence-electron chi connectivity index (χ4n) is 1.69. The molecule has 1 aromatic carbocycles. The Morgan fingerprint density at radius 2 is 2.26 bits per heavy atom. The van der Waals surface area contributed by atoms with Gasteiger partial charge in [-0.15, -0.1) is 0 Å². The predicted octanol–water partition coefficient (Wildman–Crippen LogP) is 2.27. The summed E-state index contributed by atoms with van der Waals surface area (Å²) < 4.78 is 17.8. The van der Waals surface area contributed by atoms with Gasteiger partial charge >= 0.3 is 0 Å². The molecule has 100 valence electrons. The maximum atomic E-state index is 12.9. The van der Waals surface area contributed by atoms with Crippen LogP contribution in [-0.2, 0) is 0 Å². The van der Waals surface area contributed by atoms with Crippen LogP contribution in [0.1, 0.15) is 28.4 Å². The zero-order chi connectivity index (χ0) is 13.7. The van der Waals surface area contributed by atoms with Gasteiger partial charge in [-0.3, -0.25) is 4.79 Å². The van der Waals surface area contributed by atoms with Gasteiger partial charge in [0.05, 0.1) is 18.6 Å². The van der Waals surface area contributed by atoms with Crippen LogP contribution in [-0.4, -0.2) is 17.6 Å². The van der Waals surface area contributed by atoms with E-state index in [9.17, 15) is 14.3 Å². The summed E-state index contributed by atoms with van der Waals surface area (Å²) in [7, 11) is 0. The zero-order valence-electron chi connectivity index (χ0n) is 10.2. The maximum Gasteiger partial charge on any atom is 0.251 e. The highest BCUT2D eigenvalue weighted by atomic mass is 19.1. The number of hydrogen-bond donors (Lipinski definition) is 2. The number of hydrogen-bond acceptors (Lipinski definition) is 3. The van der Waals surface area contributed by atoms with Gasteiger partial charge in [0.25, 0.3) is 5.91 Å². The Kier molecular flexibility index (Phi) is 4.30. The smallest absolute Gasteiger partial charge is 0.251 e. The van der Waals surface area contributed by atoms with Crippen molar-refractivity contribution < 1.29 is 18.7 Å². The second-order valence-corrected chi connectivity index (χ2v) is 4.13. The first-order valence-corrected chi connectivity index (χ1v) is 5.91. The van der Waals surface area contributed by atoms with Crippen LogP contribution in [0.5, 0.6) is 0 Å². The van der Waals surface area contributed by atoms with E-state index in [1.165, 1.54) is 36.8 Å². The minimum atomic E-state index is -0.688. The number of nitrogens with one attached hydrogen (secondary N) is 1. The Morgan fingerprint density at radius 3 is 2.95 bits per heavy atom. The number of aliphatic hydroxyl groups excluding tert-OH is 1. The Bertz CT molecular complexity index is 539. The molecule has 0 saturated carbocycles. The first-order valence-electron chi connectivity index (χ1n) is 5.91. The van der Waals surface area contributed by atoms with E-state index in [1.807, 2.05) is 0 Å². The van der Waals surface area contributed by atoms with Crippen LogP contribution in [0, 0.1) is 5.82 Å². The first kappa shape index (κ1) is 13.3. The van der Waals surface area contributed by atoms with Crippen molar-refractivity contribution >= 4 is 5.91 Å². The Hall–Kier alpha value is -2.14. The molecule has 0 aliphatic rings. The summed E-state index contributed by atoms with van der Waals surface area (Å²) in [6, 6.07) is 7.12. The van der Waals surface area contributed by atoms with Gasteiger partial charge in [0, 0.05) is 17.7 Å². The number of carbonyl (C=O) groups is 1. The van der Waals surface area contributed by atoms with Crippen molar-refractivity contribution in [3.8, 4) is 0 Å². The third-order valence-electron chi connectivity index (χ3n) is 2.72. The highest BCUT2D eigenvalue weighted by Gasteiger charge is 2.10. The number of furan rings is 1. The molecule has 5 heteroatoms. The van der Waals surface area contributed by atoms with Crippen LogP contribution in [0.2, 0.25) is 0 Å². The third kappa shape index (κ3) is 3.66. The summed E-state index contributed by atoms with van der Waals surface area (Å²) in [6.45, 7) is 0.293.